The Balaban J connectivity index is 2.34. The highest BCUT2D eigenvalue weighted by Gasteiger charge is 2.20. The van der Waals surface area contributed by atoms with Crippen molar-refractivity contribution in [1.82, 2.24) is 24.9 Å². The lowest BCUT2D eigenvalue weighted by Gasteiger charge is -2.18. The highest BCUT2D eigenvalue weighted by Crippen LogP contribution is 2.26. The molecule has 1 atom stereocenters. The molecule has 0 aromatic carbocycles. The van der Waals surface area contributed by atoms with E-state index in [9.17, 15) is 0 Å². The van der Waals surface area contributed by atoms with E-state index in [0.29, 0.717) is 0 Å². The zero-order valence-corrected chi connectivity index (χ0v) is 15.0. The first-order valence-corrected chi connectivity index (χ1v) is 8.22. The molecule has 0 amide bonds. The summed E-state index contributed by atoms with van der Waals surface area (Å²) in [7, 11) is 3.99. The molecule has 0 aliphatic heterocycles. The van der Waals surface area contributed by atoms with Crippen molar-refractivity contribution in [2.45, 2.75) is 46.2 Å². The Kier molecular flexibility index (Phi) is 5.22. The second-order valence-electron chi connectivity index (χ2n) is 5.24. The summed E-state index contributed by atoms with van der Waals surface area (Å²) in [5.74, 6) is 0. The Morgan fingerprint density at radius 2 is 2.05 bits per heavy atom. The number of likely N-dealkylation sites (N-methyl/N-ethyl adjacent to an activating group) is 1. The van der Waals surface area contributed by atoms with Crippen molar-refractivity contribution < 1.29 is 0 Å². The van der Waals surface area contributed by atoms with Crippen LogP contribution in [0.4, 0.5) is 0 Å². The molecule has 0 radical (unpaired) electrons. The van der Waals surface area contributed by atoms with Gasteiger partial charge in [-0.25, -0.2) is 0 Å². The van der Waals surface area contributed by atoms with Gasteiger partial charge in [0, 0.05) is 20.0 Å². The maximum Gasteiger partial charge on any atom is 0.0738 e. The van der Waals surface area contributed by atoms with Gasteiger partial charge in [0.1, 0.15) is 0 Å². The maximum absolute atomic E-state index is 4.65. The lowest BCUT2D eigenvalue weighted by molar-refractivity contribution is 0.498. The van der Waals surface area contributed by atoms with Crippen LogP contribution in [0.3, 0.4) is 0 Å². The van der Waals surface area contributed by atoms with Gasteiger partial charge >= 0.3 is 0 Å². The summed E-state index contributed by atoms with van der Waals surface area (Å²) in [6, 6.07) is 2.44. The second kappa shape index (κ2) is 6.75. The molecule has 0 aliphatic carbocycles. The van der Waals surface area contributed by atoms with Gasteiger partial charge in [-0.3, -0.25) is 9.36 Å². The maximum atomic E-state index is 4.65. The van der Waals surface area contributed by atoms with Crippen LogP contribution in [0.15, 0.2) is 10.5 Å². The van der Waals surface area contributed by atoms with Crippen molar-refractivity contribution in [1.29, 1.82) is 0 Å². The highest BCUT2D eigenvalue weighted by atomic mass is 79.9. The van der Waals surface area contributed by atoms with Crippen LogP contribution in [0, 0.1) is 6.92 Å². The quantitative estimate of drug-likeness (QED) is 0.868. The minimum absolute atomic E-state index is 0.226. The molecule has 1 unspecified atom stereocenters. The van der Waals surface area contributed by atoms with Gasteiger partial charge in [0.15, 0.2) is 0 Å². The molecule has 5 nitrogen and oxygen atoms in total. The van der Waals surface area contributed by atoms with Crippen LogP contribution in [0.5, 0.6) is 0 Å². The van der Waals surface area contributed by atoms with Crippen molar-refractivity contribution in [3.8, 4) is 0 Å². The van der Waals surface area contributed by atoms with Gasteiger partial charge < -0.3 is 5.32 Å². The molecule has 1 N–H and O–H groups in total. The minimum atomic E-state index is 0.226. The summed E-state index contributed by atoms with van der Waals surface area (Å²) in [4.78, 5) is 0. The van der Waals surface area contributed by atoms with Gasteiger partial charge in [0.05, 0.1) is 33.3 Å². The predicted octanol–water partition coefficient (Wildman–Crippen LogP) is 2.77. The molecule has 0 bridgehead atoms. The fourth-order valence-electron chi connectivity index (χ4n) is 2.64. The van der Waals surface area contributed by atoms with Crippen LogP contribution in [0.2, 0.25) is 0 Å². The standard InChI is InChI=1S/C15H24BrN5/c1-6-11-8-13(21(7-2)19-11)12(17-4)9-14-15(16)10(3)18-20(14)5/h8,12,17H,6-7,9H2,1-5H3. The molecule has 6 heteroatoms. The van der Waals surface area contributed by atoms with E-state index in [4.69, 9.17) is 0 Å². The Morgan fingerprint density at radius 3 is 2.52 bits per heavy atom. The van der Waals surface area contributed by atoms with Crippen LogP contribution in [0.25, 0.3) is 0 Å². The predicted molar refractivity (Wildman–Crippen MR) is 88.4 cm³/mol. The molecule has 0 saturated carbocycles. The fraction of sp³-hybridized carbons (Fsp3) is 0.600. The molecule has 0 aliphatic rings. The van der Waals surface area contributed by atoms with Gasteiger partial charge in [0.25, 0.3) is 0 Å². The Morgan fingerprint density at radius 1 is 1.33 bits per heavy atom. The van der Waals surface area contributed by atoms with Gasteiger partial charge in [-0.1, -0.05) is 6.92 Å². The normalized spacial score (nSPS) is 12.9. The van der Waals surface area contributed by atoms with E-state index in [1.165, 1.54) is 11.4 Å². The third kappa shape index (κ3) is 3.21. The number of nitrogens with zero attached hydrogens (tertiary/aromatic N) is 4. The molecule has 2 aromatic rings. The van der Waals surface area contributed by atoms with E-state index in [2.05, 4.69) is 56.0 Å². The number of aryl methyl sites for hydroxylation is 4. The largest absolute Gasteiger partial charge is 0.311 e. The van der Waals surface area contributed by atoms with Crippen molar-refractivity contribution in [3.05, 3.63) is 33.3 Å². The summed E-state index contributed by atoms with van der Waals surface area (Å²) in [5, 5.41) is 12.5. The molecule has 0 spiro atoms. The van der Waals surface area contributed by atoms with Crippen molar-refractivity contribution in [2.75, 3.05) is 7.05 Å². The van der Waals surface area contributed by atoms with Crippen molar-refractivity contribution >= 4 is 15.9 Å². The molecule has 2 aromatic heterocycles. The van der Waals surface area contributed by atoms with Crippen LogP contribution >= 0.6 is 15.9 Å². The molecule has 2 heterocycles. The molecular weight excluding hydrogens is 330 g/mol. The van der Waals surface area contributed by atoms with Gasteiger partial charge in [-0.15, -0.1) is 0 Å². The number of halogens is 1. The van der Waals surface area contributed by atoms with Crippen molar-refractivity contribution in [2.24, 2.45) is 7.05 Å². The zero-order chi connectivity index (χ0) is 15.6. The summed E-state index contributed by atoms with van der Waals surface area (Å²) in [5.41, 5.74) is 4.62. The summed E-state index contributed by atoms with van der Waals surface area (Å²) < 4.78 is 5.15. The summed E-state index contributed by atoms with van der Waals surface area (Å²) >= 11 is 3.65. The average molecular weight is 354 g/mol. The third-order valence-corrected chi connectivity index (χ3v) is 4.92. The van der Waals surface area contributed by atoms with Gasteiger partial charge in [0.2, 0.25) is 0 Å². The van der Waals surface area contributed by atoms with Crippen LogP contribution in [-0.4, -0.2) is 26.6 Å². The van der Waals surface area contributed by atoms with E-state index in [0.717, 1.165) is 35.2 Å². The molecule has 116 valence electrons. The van der Waals surface area contributed by atoms with E-state index in [1.54, 1.807) is 0 Å². The number of hydrogen-bond acceptors (Lipinski definition) is 3. The minimum Gasteiger partial charge on any atom is -0.311 e. The summed E-state index contributed by atoms with van der Waals surface area (Å²) in [6.45, 7) is 7.18. The number of rotatable bonds is 6. The van der Waals surface area contributed by atoms with E-state index >= 15 is 0 Å². The smallest absolute Gasteiger partial charge is 0.0738 e. The lowest BCUT2D eigenvalue weighted by atomic mass is 10.1. The van der Waals surface area contributed by atoms with Crippen LogP contribution < -0.4 is 5.32 Å². The SMILES string of the molecule is CCc1cc(C(Cc2c(Br)c(C)nn2C)NC)n(CC)n1. The van der Waals surface area contributed by atoms with Crippen molar-refractivity contribution in [3.63, 3.8) is 0 Å². The number of aromatic nitrogens is 4. The topological polar surface area (TPSA) is 47.7 Å². The van der Waals surface area contributed by atoms with E-state index in [1.807, 2.05) is 25.7 Å². The van der Waals surface area contributed by atoms with Gasteiger partial charge in [-0.2, -0.15) is 10.2 Å². The lowest BCUT2D eigenvalue weighted by Crippen LogP contribution is -2.23. The first-order valence-electron chi connectivity index (χ1n) is 7.43. The van der Waals surface area contributed by atoms with E-state index in [-0.39, 0.29) is 6.04 Å². The third-order valence-electron chi connectivity index (χ3n) is 3.89. The van der Waals surface area contributed by atoms with E-state index < -0.39 is 0 Å². The highest BCUT2D eigenvalue weighted by molar-refractivity contribution is 9.10. The Labute approximate surface area is 134 Å². The second-order valence-corrected chi connectivity index (χ2v) is 6.04. The molecular formula is C15H24BrN5. The molecule has 2 rings (SSSR count). The number of hydrogen-bond donors (Lipinski definition) is 1. The fourth-order valence-corrected chi connectivity index (χ4v) is 3.14. The monoisotopic (exact) mass is 353 g/mol. The first-order chi connectivity index (χ1) is 10.0. The Bertz CT molecular complexity index is 614. The Hall–Kier alpha value is -1.14. The summed E-state index contributed by atoms with van der Waals surface area (Å²) in [6.07, 6.45) is 1.84. The van der Waals surface area contributed by atoms with Crippen LogP contribution in [-0.2, 0) is 26.4 Å². The molecule has 0 fully saturated rings. The number of nitrogens with one attached hydrogen (secondary N) is 1. The molecule has 21 heavy (non-hydrogen) atoms. The van der Waals surface area contributed by atoms with Crippen LogP contribution in [0.1, 0.15) is 42.7 Å². The molecule has 0 saturated heterocycles. The first kappa shape index (κ1) is 16.2. The average Bonchev–Trinajstić information content (AvgIpc) is 2.99. The zero-order valence-electron chi connectivity index (χ0n) is 13.4. The van der Waals surface area contributed by atoms with Gasteiger partial charge in [-0.05, 0) is 49.3 Å².